The summed E-state index contributed by atoms with van der Waals surface area (Å²) in [5.41, 5.74) is 3.25. The number of hydrogen-bond donors (Lipinski definition) is 0. The van der Waals surface area contributed by atoms with Crippen LogP contribution in [0.15, 0.2) is 6.20 Å². The van der Waals surface area contributed by atoms with Gasteiger partial charge in [-0.25, -0.2) is 0 Å². The van der Waals surface area contributed by atoms with E-state index in [0.717, 1.165) is 6.42 Å². The molecule has 0 radical (unpaired) electrons. The highest BCUT2D eigenvalue weighted by atomic mass is 15.3. The molecule has 0 bridgehead atoms. The lowest BCUT2D eigenvalue weighted by Gasteiger charge is -2.28. The average Bonchev–Trinajstić information content (AvgIpc) is 2.75. The van der Waals surface area contributed by atoms with Gasteiger partial charge in [-0.1, -0.05) is 55.4 Å². The van der Waals surface area contributed by atoms with Gasteiger partial charge in [0.25, 0.3) is 0 Å². The van der Waals surface area contributed by atoms with E-state index in [-0.39, 0.29) is 0 Å². The molecular weight excluding hydrogens is 220 g/mol. The van der Waals surface area contributed by atoms with Gasteiger partial charge in [0.1, 0.15) is 0 Å². The number of fused-ring (bicyclic) bond motifs is 1. The Morgan fingerprint density at radius 1 is 1.06 bits per heavy atom. The van der Waals surface area contributed by atoms with Gasteiger partial charge in [-0.3, -0.25) is 4.68 Å². The van der Waals surface area contributed by atoms with Crippen LogP contribution in [0.5, 0.6) is 0 Å². The lowest BCUT2D eigenvalue weighted by atomic mass is 9.77. The second kappa shape index (κ2) is 10.2. The monoisotopic (exact) mass is 254 g/mol. The Labute approximate surface area is 115 Å². The Kier molecular flexibility index (Phi) is 11.0. The highest BCUT2D eigenvalue weighted by Crippen LogP contribution is 2.33. The zero-order valence-corrected chi connectivity index (χ0v) is 14.1. The van der Waals surface area contributed by atoms with Gasteiger partial charge in [0.15, 0.2) is 0 Å². The summed E-state index contributed by atoms with van der Waals surface area (Å²) in [5, 5.41) is 4.43. The standard InChI is InChI=1S/C10H16N2.3C2H6/c1-10(2)5-4-9-8(6-10)7-12(3)11-9;3*1-2/h7H,4-6H2,1-3H3;3*1-2H3. The molecule has 0 aromatic carbocycles. The second-order valence-electron chi connectivity index (χ2n) is 4.62. The molecule has 2 heteroatoms. The summed E-state index contributed by atoms with van der Waals surface area (Å²) in [6.07, 6.45) is 5.78. The predicted octanol–water partition coefficient (Wildman–Crippen LogP) is 5.01. The summed E-state index contributed by atoms with van der Waals surface area (Å²) >= 11 is 0. The topological polar surface area (TPSA) is 17.8 Å². The van der Waals surface area contributed by atoms with Crippen LogP contribution in [0.4, 0.5) is 0 Å². The first-order chi connectivity index (χ1) is 8.57. The fourth-order valence-corrected chi connectivity index (χ4v) is 2.00. The third-order valence-corrected chi connectivity index (χ3v) is 2.70. The van der Waals surface area contributed by atoms with Gasteiger partial charge in [-0.05, 0) is 30.2 Å². The smallest absolute Gasteiger partial charge is 0.0656 e. The summed E-state index contributed by atoms with van der Waals surface area (Å²) in [6, 6.07) is 0. The molecule has 0 atom stereocenters. The summed E-state index contributed by atoms with van der Waals surface area (Å²) in [7, 11) is 2.01. The molecule has 1 aromatic rings. The molecule has 1 aliphatic carbocycles. The Morgan fingerprint density at radius 3 is 2.06 bits per heavy atom. The van der Waals surface area contributed by atoms with E-state index in [1.54, 1.807) is 0 Å². The van der Waals surface area contributed by atoms with Crippen molar-refractivity contribution in [3.05, 3.63) is 17.5 Å². The van der Waals surface area contributed by atoms with E-state index >= 15 is 0 Å². The molecule has 0 saturated heterocycles. The Bertz CT molecular complexity index is 298. The first kappa shape index (κ1) is 19.5. The fourth-order valence-electron chi connectivity index (χ4n) is 2.00. The van der Waals surface area contributed by atoms with E-state index < -0.39 is 0 Å². The molecule has 0 aliphatic heterocycles. The van der Waals surface area contributed by atoms with Crippen molar-refractivity contribution in [1.82, 2.24) is 9.78 Å². The van der Waals surface area contributed by atoms with Gasteiger partial charge in [0.2, 0.25) is 0 Å². The summed E-state index contributed by atoms with van der Waals surface area (Å²) < 4.78 is 1.94. The third-order valence-electron chi connectivity index (χ3n) is 2.70. The Balaban J connectivity index is 0. The van der Waals surface area contributed by atoms with Crippen LogP contribution in [0, 0.1) is 5.41 Å². The average molecular weight is 254 g/mol. The van der Waals surface area contributed by atoms with Crippen LogP contribution >= 0.6 is 0 Å². The minimum Gasteiger partial charge on any atom is -0.275 e. The Hall–Kier alpha value is -0.790. The number of nitrogens with zero attached hydrogens (tertiary/aromatic N) is 2. The van der Waals surface area contributed by atoms with Crippen molar-refractivity contribution >= 4 is 0 Å². The van der Waals surface area contributed by atoms with Crippen molar-refractivity contribution in [3.8, 4) is 0 Å². The minimum atomic E-state index is 0.482. The molecule has 1 aliphatic rings. The first-order valence-corrected chi connectivity index (χ1v) is 7.58. The zero-order chi connectivity index (χ0) is 14.8. The minimum absolute atomic E-state index is 0.482. The van der Waals surface area contributed by atoms with Crippen LogP contribution in [0.1, 0.15) is 73.1 Å². The van der Waals surface area contributed by atoms with Crippen molar-refractivity contribution in [3.63, 3.8) is 0 Å². The first-order valence-electron chi connectivity index (χ1n) is 7.58. The SMILES string of the molecule is CC.CC.CC.Cn1cc2c(n1)CCC(C)(C)C2. The normalized spacial score (nSPS) is 14.7. The number of aromatic nitrogens is 2. The molecule has 0 spiro atoms. The zero-order valence-electron chi connectivity index (χ0n) is 14.1. The maximum atomic E-state index is 4.43. The van der Waals surface area contributed by atoms with E-state index in [2.05, 4.69) is 25.1 Å². The highest BCUT2D eigenvalue weighted by molar-refractivity contribution is 5.21. The van der Waals surface area contributed by atoms with Gasteiger partial charge in [-0.15, -0.1) is 0 Å². The van der Waals surface area contributed by atoms with Gasteiger partial charge in [0.05, 0.1) is 5.69 Å². The maximum Gasteiger partial charge on any atom is 0.0656 e. The van der Waals surface area contributed by atoms with Gasteiger partial charge >= 0.3 is 0 Å². The van der Waals surface area contributed by atoms with E-state index in [1.165, 1.54) is 24.1 Å². The molecule has 0 fully saturated rings. The molecule has 1 heterocycles. The quantitative estimate of drug-likeness (QED) is 0.636. The number of aryl methyl sites for hydroxylation is 2. The molecule has 2 rings (SSSR count). The molecule has 1 aromatic heterocycles. The van der Waals surface area contributed by atoms with Crippen LogP contribution in [-0.4, -0.2) is 9.78 Å². The molecule has 0 amide bonds. The second-order valence-corrected chi connectivity index (χ2v) is 4.62. The molecule has 108 valence electrons. The van der Waals surface area contributed by atoms with Gasteiger partial charge < -0.3 is 0 Å². The van der Waals surface area contributed by atoms with Crippen molar-refractivity contribution in [2.24, 2.45) is 12.5 Å². The van der Waals surface area contributed by atoms with Gasteiger partial charge in [0, 0.05) is 13.2 Å². The van der Waals surface area contributed by atoms with Crippen LogP contribution in [0.25, 0.3) is 0 Å². The number of rotatable bonds is 0. The number of hydrogen-bond acceptors (Lipinski definition) is 1. The van der Waals surface area contributed by atoms with Crippen LogP contribution < -0.4 is 0 Å². The fraction of sp³-hybridized carbons (Fsp3) is 0.812. The highest BCUT2D eigenvalue weighted by Gasteiger charge is 2.26. The summed E-state index contributed by atoms with van der Waals surface area (Å²) in [6.45, 7) is 16.7. The van der Waals surface area contributed by atoms with Crippen LogP contribution in [0.3, 0.4) is 0 Å². The largest absolute Gasteiger partial charge is 0.275 e. The maximum absolute atomic E-state index is 4.43. The lowest BCUT2D eigenvalue weighted by Crippen LogP contribution is -2.21. The van der Waals surface area contributed by atoms with Crippen molar-refractivity contribution < 1.29 is 0 Å². The van der Waals surface area contributed by atoms with E-state index in [9.17, 15) is 0 Å². The molecular formula is C16H34N2. The molecule has 0 N–H and O–H groups in total. The lowest BCUT2D eigenvalue weighted by molar-refractivity contribution is 0.314. The van der Waals surface area contributed by atoms with Crippen LogP contribution in [-0.2, 0) is 19.9 Å². The molecule has 0 unspecified atom stereocenters. The van der Waals surface area contributed by atoms with Gasteiger partial charge in [-0.2, -0.15) is 5.10 Å². The van der Waals surface area contributed by atoms with E-state index in [4.69, 9.17) is 0 Å². The molecule has 0 saturated carbocycles. The van der Waals surface area contributed by atoms with E-state index in [0.29, 0.717) is 5.41 Å². The van der Waals surface area contributed by atoms with Crippen LogP contribution in [0.2, 0.25) is 0 Å². The van der Waals surface area contributed by atoms with Crippen molar-refractivity contribution in [1.29, 1.82) is 0 Å². The summed E-state index contributed by atoms with van der Waals surface area (Å²) in [4.78, 5) is 0. The Morgan fingerprint density at radius 2 is 1.56 bits per heavy atom. The van der Waals surface area contributed by atoms with Crippen molar-refractivity contribution in [2.75, 3.05) is 0 Å². The molecule has 2 nitrogen and oxygen atoms in total. The third kappa shape index (κ3) is 6.23. The van der Waals surface area contributed by atoms with E-state index in [1.807, 2.05) is 53.3 Å². The molecule has 18 heavy (non-hydrogen) atoms. The predicted molar refractivity (Wildman–Crippen MR) is 83.1 cm³/mol. The summed E-state index contributed by atoms with van der Waals surface area (Å²) in [5.74, 6) is 0. The van der Waals surface area contributed by atoms with Crippen molar-refractivity contribution in [2.45, 2.75) is 74.7 Å².